The van der Waals surface area contributed by atoms with Gasteiger partial charge in [-0.15, -0.1) is 0 Å². The van der Waals surface area contributed by atoms with Crippen molar-refractivity contribution in [2.24, 2.45) is 0 Å². The predicted molar refractivity (Wildman–Crippen MR) is 143 cm³/mol. The molecule has 1 aliphatic rings. The number of hydrogen-bond acceptors (Lipinski definition) is 3. The number of nitrogens with one attached hydrogen (secondary N) is 1. The molecule has 1 N–H and O–H groups in total. The molecule has 0 unspecified atom stereocenters. The van der Waals surface area contributed by atoms with E-state index in [0.29, 0.717) is 36.0 Å². The summed E-state index contributed by atoms with van der Waals surface area (Å²) in [7, 11) is -3.52. The number of carbonyl (C=O) groups excluding carboxylic acids is 1. The highest BCUT2D eigenvalue weighted by atomic mass is 35.5. The molecule has 3 aromatic rings. The second kappa shape index (κ2) is 10.6. The Labute approximate surface area is 217 Å². The summed E-state index contributed by atoms with van der Waals surface area (Å²) in [6.45, 7) is 4.81. The van der Waals surface area contributed by atoms with Crippen molar-refractivity contribution >= 4 is 44.8 Å². The first-order valence-electron chi connectivity index (χ1n) is 11.6. The maximum Gasteiger partial charge on any atom is 0.321 e. The van der Waals surface area contributed by atoms with Crippen molar-refractivity contribution < 1.29 is 13.2 Å². The smallest absolute Gasteiger partial charge is 0.321 e. The van der Waals surface area contributed by atoms with Crippen LogP contribution < -0.4 is 5.32 Å². The van der Waals surface area contributed by atoms with Crippen LogP contribution in [-0.4, -0.2) is 37.7 Å². The standard InChI is InChI=1S/C27H28Cl2N2O3S/c1-3-19-6-4-5-18(2)26(19)30-27(32)31-15-13-23(14-16-31)35(33,34)22-10-7-20(8-11-22)24-12-9-21(28)17-25(24)29/h4-12,17,23H,3,13-16H2,1-2H3,(H,30,32). The predicted octanol–water partition coefficient (Wildman–Crippen LogP) is 7.00. The molecule has 2 amide bonds. The van der Waals surface area contributed by atoms with Gasteiger partial charge in [-0.25, -0.2) is 13.2 Å². The van der Waals surface area contributed by atoms with Gasteiger partial charge in [-0.1, -0.05) is 66.5 Å². The Kier molecular flexibility index (Phi) is 7.74. The van der Waals surface area contributed by atoms with Crippen molar-refractivity contribution in [3.05, 3.63) is 81.8 Å². The van der Waals surface area contributed by atoms with Crippen LogP contribution in [0, 0.1) is 6.92 Å². The molecule has 0 spiro atoms. The fourth-order valence-electron chi connectivity index (χ4n) is 4.50. The van der Waals surface area contributed by atoms with Gasteiger partial charge in [0, 0.05) is 34.4 Å². The maximum atomic E-state index is 13.3. The normalized spacial score (nSPS) is 14.7. The van der Waals surface area contributed by atoms with Gasteiger partial charge in [0.15, 0.2) is 9.84 Å². The van der Waals surface area contributed by atoms with E-state index in [9.17, 15) is 13.2 Å². The molecule has 8 heteroatoms. The highest BCUT2D eigenvalue weighted by molar-refractivity contribution is 7.92. The third kappa shape index (κ3) is 5.50. The molecule has 1 heterocycles. The topological polar surface area (TPSA) is 66.5 Å². The molecule has 0 atom stereocenters. The summed E-state index contributed by atoms with van der Waals surface area (Å²) in [6, 6.07) is 17.8. The van der Waals surface area contributed by atoms with Crippen molar-refractivity contribution in [2.75, 3.05) is 18.4 Å². The lowest BCUT2D eigenvalue weighted by Crippen LogP contribution is -2.44. The second-order valence-electron chi connectivity index (χ2n) is 8.77. The molecule has 1 saturated heterocycles. The van der Waals surface area contributed by atoms with E-state index in [2.05, 4.69) is 12.2 Å². The number of piperidine rings is 1. The van der Waals surface area contributed by atoms with Gasteiger partial charge in [-0.3, -0.25) is 0 Å². The Morgan fingerprint density at radius 2 is 1.71 bits per heavy atom. The first-order valence-corrected chi connectivity index (χ1v) is 13.9. The molecule has 1 aliphatic heterocycles. The van der Waals surface area contributed by atoms with Crippen molar-refractivity contribution in [2.45, 2.75) is 43.3 Å². The molecule has 0 aliphatic carbocycles. The van der Waals surface area contributed by atoms with E-state index in [-0.39, 0.29) is 10.9 Å². The van der Waals surface area contributed by atoms with Crippen molar-refractivity contribution in [3.8, 4) is 11.1 Å². The monoisotopic (exact) mass is 530 g/mol. The number of urea groups is 1. The minimum absolute atomic E-state index is 0.186. The molecular weight excluding hydrogens is 503 g/mol. The number of benzene rings is 3. The number of para-hydroxylation sites is 1. The molecule has 0 aromatic heterocycles. The molecule has 5 nitrogen and oxygen atoms in total. The first kappa shape index (κ1) is 25.5. The number of halogens is 2. The molecule has 0 saturated carbocycles. The number of anilines is 1. The lowest BCUT2D eigenvalue weighted by Gasteiger charge is -2.32. The van der Waals surface area contributed by atoms with Crippen molar-refractivity contribution in [1.82, 2.24) is 4.90 Å². The van der Waals surface area contributed by atoms with Crippen LogP contribution in [0.25, 0.3) is 11.1 Å². The van der Waals surface area contributed by atoms with Gasteiger partial charge in [0.05, 0.1) is 10.1 Å². The Hall–Kier alpha value is -2.54. The second-order valence-corrected chi connectivity index (χ2v) is 11.8. The number of sulfone groups is 1. The van der Waals surface area contributed by atoms with Crippen LogP contribution in [0.2, 0.25) is 10.0 Å². The largest absolute Gasteiger partial charge is 0.324 e. The van der Waals surface area contributed by atoms with Crippen LogP contribution in [0.5, 0.6) is 0 Å². The summed E-state index contributed by atoms with van der Waals surface area (Å²) in [4.78, 5) is 14.9. The zero-order valence-electron chi connectivity index (χ0n) is 19.7. The quantitative estimate of drug-likeness (QED) is 0.386. The van der Waals surface area contributed by atoms with Gasteiger partial charge in [0.2, 0.25) is 0 Å². The Morgan fingerprint density at radius 3 is 2.34 bits per heavy atom. The van der Waals surface area contributed by atoms with Crippen LogP contribution in [0.1, 0.15) is 30.9 Å². The minimum Gasteiger partial charge on any atom is -0.324 e. The van der Waals surface area contributed by atoms with Gasteiger partial charge in [-0.2, -0.15) is 0 Å². The molecule has 184 valence electrons. The van der Waals surface area contributed by atoms with E-state index in [4.69, 9.17) is 23.2 Å². The summed E-state index contributed by atoms with van der Waals surface area (Å²) in [5.74, 6) is 0. The van der Waals surface area contributed by atoms with Gasteiger partial charge in [0.1, 0.15) is 0 Å². The highest BCUT2D eigenvalue weighted by Crippen LogP contribution is 2.32. The van der Waals surface area contributed by atoms with Gasteiger partial charge < -0.3 is 10.2 Å². The Balaban J connectivity index is 1.42. The average molecular weight is 532 g/mol. The van der Waals surface area contributed by atoms with E-state index < -0.39 is 15.1 Å². The van der Waals surface area contributed by atoms with Gasteiger partial charge in [0.25, 0.3) is 0 Å². The van der Waals surface area contributed by atoms with Gasteiger partial charge in [-0.05, 0) is 67.1 Å². The third-order valence-corrected chi connectivity index (χ3v) is 9.39. The summed E-state index contributed by atoms with van der Waals surface area (Å²) in [5, 5.41) is 3.56. The van der Waals surface area contributed by atoms with Gasteiger partial charge >= 0.3 is 6.03 Å². The molecular formula is C27H28Cl2N2O3S. The molecule has 0 bridgehead atoms. The van der Waals surface area contributed by atoms with Crippen LogP contribution in [0.3, 0.4) is 0 Å². The highest BCUT2D eigenvalue weighted by Gasteiger charge is 2.33. The molecule has 4 rings (SSSR count). The first-order chi connectivity index (χ1) is 16.7. The lowest BCUT2D eigenvalue weighted by atomic mass is 10.1. The van der Waals surface area contributed by atoms with Crippen molar-refractivity contribution in [1.29, 1.82) is 0 Å². The SMILES string of the molecule is CCc1cccc(C)c1NC(=O)N1CCC(S(=O)(=O)c2ccc(-c3ccc(Cl)cc3Cl)cc2)CC1. The van der Waals surface area contributed by atoms with Crippen LogP contribution >= 0.6 is 23.2 Å². The fourth-order valence-corrected chi connectivity index (χ4v) is 6.75. The molecule has 3 aromatic carbocycles. The van der Waals surface area contributed by atoms with E-state index in [1.165, 1.54) is 0 Å². The summed E-state index contributed by atoms with van der Waals surface area (Å²) >= 11 is 12.3. The minimum atomic E-state index is -3.52. The van der Waals surface area contributed by atoms with Crippen molar-refractivity contribution in [3.63, 3.8) is 0 Å². The fraction of sp³-hybridized carbons (Fsp3) is 0.296. The number of hydrogen-bond donors (Lipinski definition) is 1. The zero-order chi connectivity index (χ0) is 25.2. The third-order valence-electron chi connectivity index (χ3n) is 6.56. The zero-order valence-corrected chi connectivity index (χ0v) is 22.1. The maximum absolute atomic E-state index is 13.3. The van der Waals surface area contributed by atoms with E-state index >= 15 is 0 Å². The number of likely N-dealkylation sites (tertiary alicyclic amines) is 1. The molecule has 35 heavy (non-hydrogen) atoms. The van der Waals surface area contributed by atoms with Crippen LogP contribution in [-0.2, 0) is 16.3 Å². The number of nitrogens with zero attached hydrogens (tertiary/aromatic N) is 1. The number of rotatable bonds is 5. The number of carbonyl (C=O) groups is 1. The summed E-state index contributed by atoms with van der Waals surface area (Å²) < 4.78 is 26.6. The summed E-state index contributed by atoms with van der Waals surface area (Å²) in [6.07, 6.45) is 1.62. The molecule has 1 fully saturated rings. The summed E-state index contributed by atoms with van der Waals surface area (Å²) in [5.41, 5.74) is 4.55. The van der Waals surface area contributed by atoms with E-state index in [0.717, 1.165) is 34.4 Å². The lowest BCUT2D eigenvalue weighted by molar-refractivity contribution is 0.200. The van der Waals surface area contributed by atoms with E-state index in [1.807, 2.05) is 31.2 Å². The van der Waals surface area contributed by atoms with Crippen LogP contribution in [0.4, 0.5) is 10.5 Å². The number of amides is 2. The van der Waals surface area contributed by atoms with Crippen LogP contribution in [0.15, 0.2) is 65.6 Å². The van der Waals surface area contributed by atoms with E-state index in [1.54, 1.807) is 41.3 Å². The average Bonchev–Trinajstić information content (AvgIpc) is 2.85. The number of aryl methyl sites for hydroxylation is 2. The molecule has 0 radical (unpaired) electrons. The Bertz CT molecular complexity index is 1330. The Morgan fingerprint density at radius 1 is 1.03 bits per heavy atom.